The van der Waals surface area contributed by atoms with E-state index in [4.69, 9.17) is 14.2 Å². The quantitative estimate of drug-likeness (QED) is 0.824. The van der Waals surface area contributed by atoms with E-state index in [1.165, 1.54) is 0 Å². The summed E-state index contributed by atoms with van der Waals surface area (Å²) in [6.45, 7) is 2.40. The first-order valence-corrected chi connectivity index (χ1v) is 5.67. The second kappa shape index (κ2) is 4.40. The van der Waals surface area contributed by atoms with Gasteiger partial charge in [-0.2, -0.15) is 0 Å². The van der Waals surface area contributed by atoms with Gasteiger partial charge in [-0.3, -0.25) is 0 Å². The van der Waals surface area contributed by atoms with Crippen LogP contribution in [0.2, 0.25) is 0 Å². The van der Waals surface area contributed by atoms with Crippen LogP contribution in [-0.4, -0.2) is 38.8 Å². The number of hydrogen-bond acceptors (Lipinski definition) is 4. The van der Waals surface area contributed by atoms with E-state index in [2.05, 4.69) is 0 Å². The van der Waals surface area contributed by atoms with E-state index in [1.54, 1.807) is 26.2 Å². The summed E-state index contributed by atoms with van der Waals surface area (Å²) >= 11 is 0. The molecule has 0 bridgehead atoms. The van der Waals surface area contributed by atoms with E-state index in [0.29, 0.717) is 18.0 Å². The largest absolute Gasteiger partial charge is 0.493 e. The third kappa shape index (κ3) is 1.96. The number of carbonyl (C=O) groups excluding carboxylic acids is 1. The van der Waals surface area contributed by atoms with Crippen LogP contribution in [-0.2, 0) is 10.3 Å². The first-order valence-electron chi connectivity index (χ1n) is 5.67. The molecule has 1 aliphatic rings. The molecule has 1 unspecified atom stereocenters. The van der Waals surface area contributed by atoms with Gasteiger partial charge in [-0.05, 0) is 19.1 Å². The molecule has 1 saturated heterocycles. The molecule has 18 heavy (non-hydrogen) atoms. The van der Waals surface area contributed by atoms with Crippen LogP contribution in [0.4, 0.5) is 4.79 Å². The minimum Gasteiger partial charge on any atom is -0.493 e. The monoisotopic (exact) mass is 251 g/mol. The summed E-state index contributed by atoms with van der Waals surface area (Å²) in [6, 6.07) is 5.53. The minimum atomic E-state index is -0.647. The molecule has 0 aliphatic carbocycles. The van der Waals surface area contributed by atoms with Crippen molar-refractivity contribution in [3.8, 4) is 11.5 Å². The maximum Gasteiger partial charge on any atom is 0.410 e. The van der Waals surface area contributed by atoms with Gasteiger partial charge >= 0.3 is 6.09 Å². The van der Waals surface area contributed by atoms with Gasteiger partial charge in [-0.15, -0.1) is 0 Å². The topological polar surface area (TPSA) is 48.0 Å². The summed E-state index contributed by atoms with van der Waals surface area (Å²) in [5, 5.41) is 0. The first-order chi connectivity index (χ1) is 8.50. The Hall–Kier alpha value is -1.91. The van der Waals surface area contributed by atoms with E-state index in [-0.39, 0.29) is 6.09 Å². The number of cyclic esters (lactones) is 1. The van der Waals surface area contributed by atoms with Gasteiger partial charge in [0.1, 0.15) is 0 Å². The van der Waals surface area contributed by atoms with Crippen molar-refractivity contribution in [1.82, 2.24) is 4.90 Å². The fourth-order valence-electron chi connectivity index (χ4n) is 2.14. The molecule has 1 fully saturated rings. The molecule has 1 amide bonds. The number of likely N-dealkylation sites (N-methyl/N-ethyl adjacent to an activating group) is 1. The van der Waals surface area contributed by atoms with Crippen LogP contribution in [0, 0.1) is 0 Å². The zero-order chi connectivity index (χ0) is 13.3. The highest BCUT2D eigenvalue weighted by molar-refractivity contribution is 5.70. The van der Waals surface area contributed by atoms with E-state index in [0.717, 1.165) is 5.56 Å². The molecule has 1 atom stereocenters. The van der Waals surface area contributed by atoms with E-state index < -0.39 is 5.60 Å². The average molecular weight is 251 g/mol. The maximum atomic E-state index is 11.5. The van der Waals surface area contributed by atoms with E-state index in [9.17, 15) is 4.79 Å². The molecule has 0 spiro atoms. The van der Waals surface area contributed by atoms with Crippen LogP contribution in [0.3, 0.4) is 0 Å². The predicted molar refractivity (Wildman–Crippen MR) is 66.0 cm³/mol. The Labute approximate surface area is 106 Å². The Bertz CT molecular complexity index is 474. The number of rotatable bonds is 3. The van der Waals surface area contributed by atoms with Crippen molar-refractivity contribution in [2.24, 2.45) is 0 Å². The van der Waals surface area contributed by atoms with Gasteiger partial charge < -0.3 is 19.1 Å². The number of amides is 1. The van der Waals surface area contributed by atoms with Crippen LogP contribution < -0.4 is 9.47 Å². The number of benzene rings is 1. The number of carbonyl (C=O) groups is 1. The lowest BCUT2D eigenvalue weighted by molar-refractivity contribution is 0.0699. The summed E-state index contributed by atoms with van der Waals surface area (Å²) in [7, 11) is 4.88. The Kier molecular flexibility index (Phi) is 3.07. The SMILES string of the molecule is COc1ccc(C2(C)CN(C)C(=O)O2)cc1OC. The van der Waals surface area contributed by atoms with Crippen molar-refractivity contribution >= 4 is 6.09 Å². The third-order valence-corrected chi connectivity index (χ3v) is 3.16. The summed E-state index contributed by atoms with van der Waals surface area (Å²) in [5.41, 5.74) is 0.239. The summed E-state index contributed by atoms with van der Waals surface area (Å²) < 4.78 is 15.9. The van der Waals surface area contributed by atoms with Gasteiger partial charge in [0.2, 0.25) is 0 Å². The lowest BCUT2D eigenvalue weighted by Gasteiger charge is -2.23. The van der Waals surface area contributed by atoms with E-state index in [1.807, 2.05) is 25.1 Å². The number of ether oxygens (including phenoxy) is 3. The lowest BCUT2D eigenvalue weighted by atomic mass is 9.95. The highest BCUT2D eigenvalue weighted by atomic mass is 16.6. The van der Waals surface area contributed by atoms with Crippen molar-refractivity contribution in [2.45, 2.75) is 12.5 Å². The zero-order valence-electron chi connectivity index (χ0n) is 11.0. The molecule has 5 nitrogen and oxygen atoms in total. The Morgan fingerprint density at radius 3 is 2.44 bits per heavy atom. The lowest BCUT2D eigenvalue weighted by Crippen LogP contribution is -2.27. The van der Waals surface area contributed by atoms with Crippen LogP contribution in [0.25, 0.3) is 0 Å². The first kappa shape index (κ1) is 12.5. The highest BCUT2D eigenvalue weighted by Gasteiger charge is 2.41. The smallest absolute Gasteiger partial charge is 0.410 e. The summed E-state index contributed by atoms with van der Waals surface area (Å²) in [4.78, 5) is 13.0. The highest BCUT2D eigenvalue weighted by Crippen LogP contribution is 2.37. The molecule has 1 aromatic rings. The summed E-state index contributed by atoms with van der Waals surface area (Å²) in [5.74, 6) is 1.28. The Morgan fingerprint density at radius 1 is 1.28 bits per heavy atom. The average Bonchev–Trinajstić information content (AvgIpc) is 2.63. The van der Waals surface area contributed by atoms with Gasteiger partial charge in [0.25, 0.3) is 0 Å². The van der Waals surface area contributed by atoms with Crippen molar-refractivity contribution in [2.75, 3.05) is 27.8 Å². The van der Waals surface area contributed by atoms with Crippen molar-refractivity contribution in [3.63, 3.8) is 0 Å². The number of methoxy groups -OCH3 is 2. The molecule has 0 aromatic heterocycles. The molecular weight excluding hydrogens is 234 g/mol. The van der Waals surface area contributed by atoms with Gasteiger partial charge in [-0.25, -0.2) is 4.79 Å². The maximum absolute atomic E-state index is 11.5. The van der Waals surface area contributed by atoms with Gasteiger partial charge in [0.15, 0.2) is 17.1 Å². The van der Waals surface area contributed by atoms with Crippen LogP contribution in [0.5, 0.6) is 11.5 Å². The van der Waals surface area contributed by atoms with Gasteiger partial charge in [0, 0.05) is 12.6 Å². The van der Waals surface area contributed by atoms with Crippen molar-refractivity contribution in [3.05, 3.63) is 23.8 Å². The second-order valence-corrected chi connectivity index (χ2v) is 4.52. The molecule has 0 radical (unpaired) electrons. The molecule has 1 heterocycles. The van der Waals surface area contributed by atoms with Gasteiger partial charge in [0.05, 0.1) is 20.8 Å². The molecule has 2 rings (SSSR count). The molecular formula is C13H17NO4. The second-order valence-electron chi connectivity index (χ2n) is 4.52. The van der Waals surface area contributed by atoms with Crippen LogP contribution in [0.15, 0.2) is 18.2 Å². The Balaban J connectivity index is 2.37. The summed E-state index contributed by atoms with van der Waals surface area (Å²) in [6.07, 6.45) is -0.313. The normalized spacial score (nSPS) is 22.9. The zero-order valence-corrected chi connectivity index (χ0v) is 11.0. The molecule has 1 aliphatic heterocycles. The third-order valence-electron chi connectivity index (χ3n) is 3.16. The molecule has 98 valence electrons. The Morgan fingerprint density at radius 2 is 1.94 bits per heavy atom. The van der Waals surface area contributed by atoms with Crippen LogP contribution >= 0.6 is 0 Å². The standard InChI is InChI=1S/C13H17NO4/c1-13(8-14(2)12(15)18-13)9-5-6-10(16-3)11(7-9)17-4/h5-7H,8H2,1-4H3. The number of hydrogen-bond donors (Lipinski definition) is 0. The van der Waals surface area contributed by atoms with Gasteiger partial charge in [-0.1, -0.05) is 6.07 Å². The van der Waals surface area contributed by atoms with Crippen LogP contribution in [0.1, 0.15) is 12.5 Å². The predicted octanol–water partition coefficient (Wildman–Crippen LogP) is 2.00. The fraction of sp³-hybridized carbons (Fsp3) is 0.462. The van der Waals surface area contributed by atoms with Crippen molar-refractivity contribution < 1.29 is 19.0 Å². The van der Waals surface area contributed by atoms with E-state index >= 15 is 0 Å². The molecule has 0 N–H and O–H groups in total. The molecule has 1 aromatic carbocycles. The molecule has 5 heteroatoms. The fourth-order valence-corrected chi connectivity index (χ4v) is 2.14. The minimum absolute atomic E-state index is 0.313. The number of nitrogens with zero attached hydrogens (tertiary/aromatic N) is 1. The molecule has 0 saturated carbocycles. The van der Waals surface area contributed by atoms with Crippen molar-refractivity contribution in [1.29, 1.82) is 0 Å².